The van der Waals surface area contributed by atoms with Gasteiger partial charge in [0, 0.05) is 6.04 Å². The standard InChI is InChI=1S/C12H14ClN3O/c1-12-5-7(14-8(12)6-12)11(17)16-10-4-2-3-9(13)15-10/h2-4,7-8,14H,5-6H2,1H3,(H,15,16,17)/t7-,8?,12-/m0/s1. The van der Waals surface area contributed by atoms with Gasteiger partial charge in [0.05, 0.1) is 6.04 Å². The first-order valence-electron chi connectivity index (χ1n) is 5.76. The van der Waals surface area contributed by atoms with Crippen LogP contribution in [-0.4, -0.2) is 23.0 Å². The van der Waals surface area contributed by atoms with Gasteiger partial charge in [0.15, 0.2) is 0 Å². The van der Waals surface area contributed by atoms with Crippen LogP contribution in [-0.2, 0) is 4.79 Å². The Morgan fingerprint density at radius 3 is 3.06 bits per heavy atom. The fraction of sp³-hybridized carbons (Fsp3) is 0.500. The van der Waals surface area contributed by atoms with Crippen LogP contribution in [0.2, 0.25) is 5.15 Å². The molecule has 0 aromatic carbocycles. The van der Waals surface area contributed by atoms with E-state index in [9.17, 15) is 4.79 Å². The average Bonchev–Trinajstić information content (AvgIpc) is 2.77. The number of nitrogens with one attached hydrogen (secondary N) is 2. The van der Waals surface area contributed by atoms with Crippen LogP contribution in [0.3, 0.4) is 0 Å². The Hall–Kier alpha value is -1.13. The molecular formula is C12H14ClN3O. The van der Waals surface area contributed by atoms with Gasteiger partial charge in [-0.1, -0.05) is 24.6 Å². The molecule has 3 atom stereocenters. The molecule has 1 aromatic rings. The Bertz CT molecular complexity index is 479. The lowest BCUT2D eigenvalue weighted by molar-refractivity contribution is -0.118. The third kappa shape index (κ3) is 2.03. The number of anilines is 1. The predicted molar refractivity (Wildman–Crippen MR) is 65.9 cm³/mol. The molecule has 0 bridgehead atoms. The number of hydrogen-bond acceptors (Lipinski definition) is 3. The van der Waals surface area contributed by atoms with E-state index in [0.29, 0.717) is 22.4 Å². The molecule has 0 radical (unpaired) electrons. The van der Waals surface area contributed by atoms with Crippen molar-refractivity contribution in [3.63, 3.8) is 0 Å². The molecule has 2 N–H and O–H groups in total. The van der Waals surface area contributed by atoms with Gasteiger partial charge in [0.25, 0.3) is 0 Å². The van der Waals surface area contributed by atoms with Crippen LogP contribution in [0.1, 0.15) is 19.8 Å². The number of carbonyl (C=O) groups excluding carboxylic acids is 1. The van der Waals surface area contributed by atoms with E-state index >= 15 is 0 Å². The Morgan fingerprint density at radius 2 is 2.41 bits per heavy atom. The van der Waals surface area contributed by atoms with Gasteiger partial charge in [0.1, 0.15) is 11.0 Å². The molecule has 1 unspecified atom stereocenters. The monoisotopic (exact) mass is 251 g/mol. The number of piperidine rings is 1. The molecule has 17 heavy (non-hydrogen) atoms. The number of hydrogen-bond donors (Lipinski definition) is 2. The van der Waals surface area contributed by atoms with Gasteiger partial charge in [-0.05, 0) is 30.4 Å². The zero-order chi connectivity index (χ0) is 12.0. The average molecular weight is 252 g/mol. The third-order valence-electron chi connectivity index (χ3n) is 3.71. The normalized spacial score (nSPS) is 34.2. The van der Waals surface area contributed by atoms with E-state index in [4.69, 9.17) is 11.6 Å². The molecule has 2 heterocycles. The second-order valence-electron chi connectivity index (χ2n) is 5.17. The van der Waals surface area contributed by atoms with Crippen molar-refractivity contribution in [2.45, 2.75) is 31.8 Å². The fourth-order valence-electron chi connectivity index (χ4n) is 2.52. The number of aromatic nitrogens is 1. The van der Waals surface area contributed by atoms with E-state index in [-0.39, 0.29) is 11.9 Å². The second kappa shape index (κ2) is 3.68. The summed E-state index contributed by atoms with van der Waals surface area (Å²) in [6.45, 7) is 2.22. The number of rotatable bonds is 2. The van der Waals surface area contributed by atoms with Crippen molar-refractivity contribution in [2.75, 3.05) is 5.32 Å². The molecule has 1 aromatic heterocycles. The van der Waals surface area contributed by atoms with Gasteiger partial charge >= 0.3 is 0 Å². The fourth-order valence-corrected chi connectivity index (χ4v) is 2.68. The predicted octanol–water partition coefficient (Wildman–Crippen LogP) is 1.81. The first kappa shape index (κ1) is 11.0. The maximum atomic E-state index is 12.0. The van der Waals surface area contributed by atoms with E-state index in [1.54, 1.807) is 18.2 Å². The molecule has 1 aliphatic carbocycles. The first-order valence-corrected chi connectivity index (χ1v) is 6.14. The summed E-state index contributed by atoms with van der Waals surface area (Å²) in [7, 11) is 0. The van der Waals surface area contributed by atoms with Gasteiger partial charge in [-0.25, -0.2) is 4.98 Å². The minimum Gasteiger partial charge on any atom is -0.309 e. The van der Waals surface area contributed by atoms with E-state index < -0.39 is 0 Å². The molecule has 1 amide bonds. The first-order chi connectivity index (χ1) is 8.07. The van der Waals surface area contributed by atoms with Crippen molar-refractivity contribution in [1.29, 1.82) is 0 Å². The van der Waals surface area contributed by atoms with E-state index in [1.807, 2.05) is 0 Å². The third-order valence-corrected chi connectivity index (χ3v) is 3.92. The largest absolute Gasteiger partial charge is 0.309 e. The zero-order valence-corrected chi connectivity index (χ0v) is 10.3. The lowest BCUT2D eigenvalue weighted by atomic mass is 10.0. The number of pyridine rings is 1. The summed E-state index contributed by atoms with van der Waals surface area (Å²) in [6.07, 6.45) is 2.09. The molecular weight excluding hydrogens is 238 g/mol. The van der Waals surface area contributed by atoms with Crippen LogP contribution < -0.4 is 10.6 Å². The molecule has 5 heteroatoms. The van der Waals surface area contributed by atoms with Gasteiger partial charge in [-0.3, -0.25) is 4.79 Å². The van der Waals surface area contributed by atoms with E-state index in [2.05, 4.69) is 22.5 Å². The zero-order valence-electron chi connectivity index (χ0n) is 9.53. The summed E-state index contributed by atoms with van der Waals surface area (Å²) in [5, 5.41) is 6.50. The molecule has 1 aliphatic heterocycles. The minimum atomic E-state index is -0.0977. The molecule has 2 aliphatic rings. The Morgan fingerprint density at radius 1 is 1.59 bits per heavy atom. The molecule has 1 saturated carbocycles. The van der Waals surface area contributed by atoms with Crippen LogP contribution in [0.5, 0.6) is 0 Å². The summed E-state index contributed by atoms with van der Waals surface area (Å²) >= 11 is 5.76. The molecule has 3 rings (SSSR count). The Labute approximate surface area is 105 Å². The summed E-state index contributed by atoms with van der Waals surface area (Å²) in [6, 6.07) is 5.61. The van der Waals surface area contributed by atoms with Gasteiger partial charge in [0.2, 0.25) is 5.91 Å². The number of amides is 1. The van der Waals surface area contributed by atoms with Gasteiger partial charge in [-0.2, -0.15) is 0 Å². The lowest BCUT2D eigenvalue weighted by Gasteiger charge is -2.13. The number of fused-ring (bicyclic) bond motifs is 1. The molecule has 2 fully saturated rings. The highest BCUT2D eigenvalue weighted by Crippen LogP contribution is 2.53. The van der Waals surface area contributed by atoms with Crippen LogP contribution in [0.25, 0.3) is 0 Å². The maximum absolute atomic E-state index is 12.0. The van der Waals surface area contributed by atoms with Gasteiger partial charge in [-0.15, -0.1) is 0 Å². The highest BCUT2D eigenvalue weighted by Gasteiger charge is 2.58. The van der Waals surface area contributed by atoms with Crippen molar-refractivity contribution in [2.24, 2.45) is 5.41 Å². The summed E-state index contributed by atoms with van der Waals surface area (Å²) < 4.78 is 0. The summed E-state index contributed by atoms with van der Waals surface area (Å²) in [5.74, 6) is 0.489. The molecule has 4 nitrogen and oxygen atoms in total. The topological polar surface area (TPSA) is 54.0 Å². The summed E-state index contributed by atoms with van der Waals surface area (Å²) in [4.78, 5) is 16.0. The summed E-state index contributed by atoms with van der Waals surface area (Å²) in [5.41, 5.74) is 0.337. The number of carbonyl (C=O) groups is 1. The highest BCUT2D eigenvalue weighted by atomic mass is 35.5. The van der Waals surface area contributed by atoms with Crippen LogP contribution >= 0.6 is 11.6 Å². The Kier molecular flexibility index (Phi) is 2.38. The van der Waals surface area contributed by atoms with Crippen LogP contribution in [0.15, 0.2) is 18.2 Å². The Balaban J connectivity index is 1.64. The molecule has 1 saturated heterocycles. The molecule has 90 valence electrons. The SMILES string of the molecule is C[C@]12CC1N[C@H](C(=O)Nc1cccc(Cl)n1)C2. The lowest BCUT2D eigenvalue weighted by Crippen LogP contribution is -2.38. The second-order valence-corrected chi connectivity index (χ2v) is 5.56. The number of nitrogens with zero attached hydrogens (tertiary/aromatic N) is 1. The van der Waals surface area contributed by atoms with Crippen molar-refractivity contribution in [3.05, 3.63) is 23.4 Å². The van der Waals surface area contributed by atoms with Crippen molar-refractivity contribution < 1.29 is 4.79 Å². The molecule has 0 spiro atoms. The van der Waals surface area contributed by atoms with Crippen molar-refractivity contribution in [1.82, 2.24) is 10.3 Å². The maximum Gasteiger partial charge on any atom is 0.242 e. The van der Waals surface area contributed by atoms with E-state index in [0.717, 1.165) is 6.42 Å². The minimum absolute atomic E-state index is 0.0202. The van der Waals surface area contributed by atoms with Crippen LogP contribution in [0.4, 0.5) is 5.82 Å². The quantitative estimate of drug-likeness (QED) is 0.789. The van der Waals surface area contributed by atoms with E-state index in [1.165, 1.54) is 6.42 Å². The highest BCUT2D eigenvalue weighted by molar-refractivity contribution is 6.29. The van der Waals surface area contributed by atoms with Crippen molar-refractivity contribution in [3.8, 4) is 0 Å². The van der Waals surface area contributed by atoms with Gasteiger partial charge < -0.3 is 10.6 Å². The van der Waals surface area contributed by atoms with Crippen molar-refractivity contribution >= 4 is 23.3 Å². The smallest absolute Gasteiger partial charge is 0.242 e. The number of halogens is 1. The van der Waals surface area contributed by atoms with Crippen LogP contribution in [0, 0.1) is 5.41 Å².